The van der Waals surface area contributed by atoms with E-state index in [0.29, 0.717) is 18.9 Å². The Kier molecular flexibility index (Phi) is 9.70. The molecule has 0 radical (unpaired) electrons. The van der Waals surface area contributed by atoms with Crippen LogP contribution in [0.3, 0.4) is 0 Å². The van der Waals surface area contributed by atoms with Gasteiger partial charge in [0.1, 0.15) is 0 Å². The Morgan fingerprint density at radius 1 is 1.27 bits per heavy atom. The van der Waals surface area contributed by atoms with Crippen molar-refractivity contribution in [3.8, 4) is 0 Å². The summed E-state index contributed by atoms with van der Waals surface area (Å²) in [6.07, 6.45) is 2.60. The smallest absolute Gasteiger partial charge is 0.191 e. The normalized spacial score (nSPS) is 18.9. The van der Waals surface area contributed by atoms with Crippen LogP contribution in [0.5, 0.6) is 0 Å². The van der Waals surface area contributed by atoms with E-state index in [2.05, 4.69) is 44.8 Å². The Bertz CT molecular complexity index is 675. The third-order valence-electron chi connectivity index (χ3n) is 4.26. The monoisotopic (exact) mass is 494 g/mol. The molecule has 1 heterocycles. The third kappa shape index (κ3) is 7.69. The van der Waals surface area contributed by atoms with E-state index in [1.54, 1.807) is 0 Å². The Balaban J connectivity index is 0.00000338. The zero-order chi connectivity index (χ0) is 18.3. The van der Waals surface area contributed by atoms with Gasteiger partial charge in [0.2, 0.25) is 0 Å². The molecule has 1 fully saturated rings. The number of anilines is 1. The molecule has 1 atom stereocenters. The van der Waals surface area contributed by atoms with Crippen LogP contribution in [0, 0.1) is 0 Å². The summed E-state index contributed by atoms with van der Waals surface area (Å²) in [4.78, 5) is 6.67. The van der Waals surface area contributed by atoms with Crippen molar-refractivity contribution in [3.63, 3.8) is 0 Å². The molecule has 0 saturated carbocycles. The van der Waals surface area contributed by atoms with E-state index in [1.165, 1.54) is 11.3 Å². The summed E-state index contributed by atoms with van der Waals surface area (Å²) in [7, 11) is 1.20. The number of rotatable bonds is 7. The number of halogens is 1. The van der Waals surface area contributed by atoms with Crippen LogP contribution in [0.15, 0.2) is 29.3 Å². The van der Waals surface area contributed by atoms with Gasteiger partial charge in [0.05, 0.1) is 11.5 Å². The Morgan fingerprint density at radius 3 is 2.50 bits per heavy atom. The van der Waals surface area contributed by atoms with Crippen molar-refractivity contribution in [2.75, 3.05) is 43.6 Å². The highest BCUT2D eigenvalue weighted by atomic mass is 127. The highest BCUT2D eigenvalue weighted by Crippen LogP contribution is 2.13. The minimum absolute atomic E-state index is 0. The summed E-state index contributed by atoms with van der Waals surface area (Å²) < 4.78 is 23.1. The molecule has 0 bridgehead atoms. The van der Waals surface area contributed by atoms with Crippen LogP contribution < -0.4 is 15.5 Å². The van der Waals surface area contributed by atoms with E-state index in [0.717, 1.165) is 19.4 Å². The fraction of sp³-hybridized carbons (Fsp3) is 0.611. The quantitative estimate of drug-likeness (QED) is 0.263. The molecule has 26 heavy (non-hydrogen) atoms. The number of guanidine groups is 1. The van der Waals surface area contributed by atoms with Gasteiger partial charge in [0.25, 0.3) is 0 Å². The van der Waals surface area contributed by atoms with Crippen LogP contribution in [-0.4, -0.2) is 59.1 Å². The molecule has 1 aliphatic rings. The standard InChI is InChI=1S/C18H30N4O2S.HI/c1-4-19-18(21-16-11-13-25(23,24)14-16)20-12-5-6-15-7-9-17(10-8-15)22(2)3;/h7-10,16H,4-6,11-14H2,1-3H3,(H2,19,20,21);1H. The number of hydrogen-bond donors (Lipinski definition) is 2. The van der Waals surface area contributed by atoms with Gasteiger partial charge >= 0.3 is 0 Å². The lowest BCUT2D eigenvalue weighted by Gasteiger charge is -2.15. The summed E-state index contributed by atoms with van der Waals surface area (Å²) in [6.45, 7) is 3.48. The summed E-state index contributed by atoms with van der Waals surface area (Å²) >= 11 is 0. The van der Waals surface area contributed by atoms with Crippen LogP contribution in [0.4, 0.5) is 5.69 Å². The van der Waals surface area contributed by atoms with Crippen LogP contribution in [-0.2, 0) is 16.3 Å². The molecule has 148 valence electrons. The topological polar surface area (TPSA) is 73.8 Å². The van der Waals surface area contributed by atoms with Crippen LogP contribution in [0.2, 0.25) is 0 Å². The van der Waals surface area contributed by atoms with Gasteiger partial charge in [-0.05, 0) is 43.9 Å². The van der Waals surface area contributed by atoms with Gasteiger partial charge in [-0.1, -0.05) is 12.1 Å². The third-order valence-corrected chi connectivity index (χ3v) is 6.03. The highest BCUT2D eigenvalue weighted by molar-refractivity contribution is 14.0. The zero-order valence-corrected chi connectivity index (χ0v) is 19.0. The van der Waals surface area contributed by atoms with Crippen LogP contribution in [0.1, 0.15) is 25.3 Å². The van der Waals surface area contributed by atoms with Crippen molar-refractivity contribution in [1.29, 1.82) is 0 Å². The van der Waals surface area contributed by atoms with Gasteiger partial charge in [0, 0.05) is 38.9 Å². The molecule has 0 aliphatic carbocycles. The van der Waals surface area contributed by atoms with E-state index in [1.807, 2.05) is 21.0 Å². The maximum atomic E-state index is 11.6. The lowest BCUT2D eigenvalue weighted by Crippen LogP contribution is -2.44. The number of nitrogens with zero attached hydrogens (tertiary/aromatic N) is 2. The average Bonchev–Trinajstić information content (AvgIpc) is 2.90. The van der Waals surface area contributed by atoms with E-state index >= 15 is 0 Å². The number of sulfone groups is 1. The van der Waals surface area contributed by atoms with Crippen LogP contribution in [0.25, 0.3) is 0 Å². The first-order valence-electron chi connectivity index (χ1n) is 8.91. The molecule has 2 rings (SSSR count). The van der Waals surface area contributed by atoms with Gasteiger partial charge in [-0.2, -0.15) is 0 Å². The molecule has 1 unspecified atom stereocenters. The SMILES string of the molecule is CCNC(=NCCCc1ccc(N(C)C)cc1)NC1CCS(=O)(=O)C1.I. The Hall–Kier alpha value is -1.03. The average molecular weight is 494 g/mol. The first-order chi connectivity index (χ1) is 11.9. The molecule has 1 aliphatic heterocycles. The second kappa shape index (κ2) is 11.0. The van der Waals surface area contributed by atoms with Gasteiger partial charge in [0.15, 0.2) is 15.8 Å². The second-order valence-electron chi connectivity index (χ2n) is 6.67. The fourth-order valence-electron chi connectivity index (χ4n) is 2.86. The molecule has 0 aromatic heterocycles. The molecular formula is C18H31IN4O2S. The number of nitrogens with one attached hydrogen (secondary N) is 2. The molecular weight excluding hydrogens is 463 g/mol. The van der Waals surface area contributed by atoms with E-state index in [4.69, 9.17) is 0 Å². The minimum Gasteiger partial charge on any atom is -0.378 e. The Morgan fingerprint density at radius 2 is 1.96 bits per heavy atom. The summed E-state index contributed by atoms with van der Waals surface area (Å²) in [5.41, 5.74) is 2.51. The molecule has 0 amide bonds. The minimum atomic E-state index is -2.88. The van der Waals surface area contributed by atoms with Gasteiger partial charge in [-0.25, -0.2) is 8.42 Å². The molecule has 2 N–H and O–H groups in total. The zero-order valence-electron chi connectivity index (χ0n) is 15.9. The number of aliphatic imine (C=N–C) groups is 1. The van der Waals surface area contributed by atoms with Crippen molar-refractivity contribution in [2.45, 2.75) is 32.2 Å². The van der Waals surface area contributed by atoms with Crippen molar-refractivity contribution in [2.24, 2.45) is 4.99 Å². The molecule has 6 nitrogen and oxygen atoms in total. The second-order valence-corrected chi connectivity index (χ2v) is 8.90. The van der Waals surface area contributed by atoms with E-state index in [-0.39, 0.29) is 41.5 Å². The van der Waals surface area contributed by atoms with Crippen molar-refractivity contribution < 1.29 is 8.42 Å². The Labute approximate surface area is 174 Å². The fourth-order valence-corrected chi connectivity index (χ4v) is 4.53. The summed E-state index contributed by atoms with van der Waals surface area (Å²) in [6, 6.07) is 8.55. The van der Waals surface area contributed by atoms with E-state index < -0.39 is 9.84 Å². The van der Waals surface area contributed by atoms with Gasteiger partial charge in [-0.3, -0.25) is 4.99 Å². The summed E-state index contributed by atoms with van der Waals surface area (Å²) in [5.74, 6) is 1.19. The predicted octanol–water partition coefficient (Wildman–Crippen LogP) is 2.05. The molecule has 1 saturated heterocycles. The van der Waals surface area contributed by atoms with Crippen molar-refractivity contribution in [3.05, 3.63) is 29.8 Å². The maximum absolute atomic E-state index is 11.6. The summed E-state index contributed by atoms with van der Waals surface area (Å²) in [5, 5.41) is 6.44. The predicted molar refractivity (Wildman–Crippen MR) is 121 cm³/mol. The van der Waals surface area contributed by atoms with Gasteiger partial charge in [-0.15, -0.1) is 24.0 Å². The largest absolute Gasteiger partial charge is 0.378 e. The van der Waals surface area contributed by atoms with Crippen molar-refractivity contribution >= 4 is 45.5 Å². The molecule has 1 aromatic rings. The first kappa shape index (κ1) is 23.0. The molecule has 8 heteroatoms. The van der Waals surface area contributed by atoms with Crippen molar-refractivity contribution in [1.82, 2.24) is 10.6 Å². The lowest BCUT2D eigenvalue weighted by atomic mass is 10.1. The van der Waals surface area contributed by atoms with Gasteiger partial charge < -0.3 is 15.5 Å². The first-order valence-corrected chi connectivity index (χ1v) is 10.7. The highest BCUT2D eigenvalue weighted by Gasteiger charge is 2.28. The molecule has 0 spiro atoms. The number of hydrogen-bond acceptors (Lipinski definition) is 4. The maximum Gasteiger partial charge on any atom is 0.191 e. The van der Waals surface area contributed by atoms with Crippen LogP contribution >= 0.6 is 24.0 Å². The number of benzene rings is 1. The molecule has 1 aromatic carbocycles. The lowest BCUT2D eigenvalue weighted by molar-refractivity contribution is 0.599. The number of aryl methyl sites for hydroxylation is 1. The van der Waals surface area contributed by atoms with E-state index in [9.17, 15) is 8.42 Å².